The summed E-state index contributed by atoms with van der Waals surface area (Å²) in [5, 5.41) is 3.39. The van der Waals surface area contributed by atoms with E-state index in [1.54, 1.807) is 12.1 Å². The van der Waals surface area contributed by atoms with Crippen LogP contribution in [0.15, 0.2) is 18.2 Å². The highest BCUT2D eigenvalue weighted by atomic mass is 19.1. The first-order chi connectivity index (χ1) is 8.79. The predicted molar refractivity (Wildman–Crippen MR) is 71.2 cm³/mol. The molecule has 1 saturated carbocycles. The van der Waals surface area contributed by atoms with Crippen LogP contribution >= 0.6 is 0 Å². The van der Waals surface area contributed by atoms with Crippen molar-refractivity contribution in [2.45, 2.75) is 38.6 Å². The van der Waals surface area contributed by atoms with Crippen molar-refractivity contribution in [2.75, 3.05) is 13.7 Å². The van der Waals surface area contributed by atoms with Crippen LogP contribution in [0.4, 0.5) is 4.39 Å². The first-order valence-corrected chi connectivity index (χ1v) is 6.82. The molecule has 0 atom stereocenters. The maximum absolute atomic E-state index is 13.5. The van der Waals surface area contributed by atoms with Gasteiger partial charge in [-0.15, -0.1) is 0 Å². The lowest BCUT2D eigenvalue weighted by Gasteiger charge is -2.10. The van der Waals surface area contributed by atoms with Gasteiger partial charge >= 0.3 is 0 Å². The largest absolute Gasteiger partial charge is 0.494 e. The molecule has 1 fully saturated rings. The van der Waals surface area contributed by atoms with Crippen LogP contribution in [0.5, 0.6) is 5.75 Å². The van der Waals surface area contributed by atoms with Crippen LogP contribution in [0.25, 0.3) is 0 Å². The third-order valence-electron chi connectivity index (χ3n) is 3.75. The Balaban J connectivity index is 1.71. The van der Waals surface area contributed by atoms with Gasteiger partial charge in [-0.05, 0) is 36.6 Å². The van der Waals surface area contributed by atoms with E-state index in [9.17, 15) is 4.39 Å². The van der Waals surface area contributed by atoms with Gasteiger partial charge < -0.3 is 10.1 Å². The molecule has 0 radical (unpaired) electrons. The van der Waals surface area contributed by atoms with Crippen molar-refractivity contribution in [3.05, 3.63) is 29.6 Å². The van der Waals surface area contributed by atoms with Crippen molar-refractivity contribution in [3.63, 3.8) is 0 Å². The number of halogens is 1. The van der Waals surface area contributed by atoms with E-state index in [4.69, 9.17) is 4.74 Å². The molecule has 0 saturated heterocycles. The molecule has 1 aromatic rings. The number of nitrogens with one attached hydrogen (secondary N) is 1. The molecular weight excluding hydrogens is 229 g/mol. The van der Waals surface area contributed by atoms with Crippen molar-refractivity contribution in [3.8, 4) is 5.75 Å². The molecule has 0 aliphatic heterocycles. The Morgan fingerprint density at radius 3 is 2.78 bits per heavy atom. The van der Waals surface area contributed by atoms with Crippen LogP contribution in [0, 0.1) is 11.7 Å². The second-order valence-corrected chi connectivity index (χ2v) is 5.08. The lowest BCUT2D eigenvalue weighted by Crippen LogP contribution is -2.17. The minimum atomic E-state index is -0.285. The molecule has 1 aliphatic carbocycles. The van der Waals surface area contributed by atoms with Gasteiger partial charge in [0, 0.05) is 6.54 Å². The van der Waals surface area contributed by atoms with Crippen molar-refractivity contribution in [1.82, 2.24) is 5.32 Å². The minimum Gasteiger partial charge on any atom is -0.494 e. The van der Waals surface area contributed by atoms with Crippen molar-refractivity contribution in [1.29, 1.82) is 0 Å². The van der Waals surface area contributed by atoms with Crippen LogP contribution in [0.3, 0.4) is 0 Å². The first kappa shape index (κ1) is 13.3. The van der Waals surface area contributed by atoms with E-state index < -0.39 is 0 Å². The van der Waals surface area contributed by atoms with Gasteiger partial charge in [-0.3, -0.25) is 0 Å². The minimum absolute atomic E-state index is 0.285. The highest BCUT2D eigenvalue weighted by Crippen LogP contribution is 2.26. The van der Waals surface area contributed by atoms with Crippen molar-refractivity contribution >= 4 is 0 Å². The van der Waals surface area contributed by atoms with E-state index in [0.717, 1.165) is 24.6 Å². The Morgan fingerprint density at radius 1 is 1.33 bits per heavy atom. The second-order valence-electron chi connectivity index (χ2n) is 5.08. The summed E-state index contributed by atoms with van der Waals surface area (Å²) in [5.74, 6) is 0.933. The number of benzene rings is 1. The lowest BCUT2D eigenvalue weighted by atomic mass is 10.0. The predicted octanol–water partition coefficient (Wildman–Crippen LogP) is 3.50. The Hall–Kier alpha value is -1.09. The fourth-order valence-electron chi connectivity index (χ4n) is 2.66. The standard InChI is InChI=1S/C15H22FNO/c1-18-15-7-6-13(10-14(15)16)11-17-9-8-12-4-2-3-5-12/h6-7,10,12,17H,2-5,8-9,11H2,1H3. The van der Waals surface area contributed by atoms with Gasteiger partial charge in [0.15, 0.2) is 11.6 Å². The zero-order valence-corrected chi connectivity index (χ0v) is 11.0. The topological polar surface area (TPSA) is 21.3 Å². The lowest BCUT2D eigenvalue weighted by molar-refractivity contribution is 0.386. The summed E-state index contributed by atoms with van der Waals surface area (Å²) in [6, 6.07) is 5.13. The second kappa shape index (κ2) is 6.74. The molecular formula is C15H22FNO. The molecule has 1 aromatic carbocycles. The summed E-state index contributed by atoms with van der Waals surface area (Å²) in [5.41, 5.74) is 0.972. The summed E-state index contributed by atoms with van der Waals surface area (Å²) in [6.45, 7) is 1.76. The molecule has 0 unspecified atom stereocenters. The van der Waals surface area contributed by atoms with Crippen LogP contribution in [-0.2, 0) is 6.54 Å². The quantitative estimate of drug-likeness (QED) is 0.781. The summed E-state index contributed by atoms with van der Waals surface area (Å²) in [4.78, 5) is 0. The maximum atomic E-state index is 13.5. The molecule has 0 spiro atoms. The van der Waals surface area contributed by atoms with Gasteiger partial charge in [-0.2, -0.15) is 0 Å². The normalized spacial score (nSPS) is 16.1. The third kappa shape index (κ3) is 3.70. The number of rotatable bonds is 6. The summed E-state index contributed by atoms with van der Waals surface area (Å²) < 4.78 is 18.4. The van der Waals surface area contributed by atoms with E-state index in [0.29, 0.717) is 5.75 Å². The van der Waals surface area contributed by atoms with Crippen LogP contribution in [0.2, 0.25) is 0 Å². The van der Waals surface area contributed by atoms with E-state index in [1.807, 2.05) is 6.07 Å². The first-order valence-electron chi connectivity index (χ1n) is 6.82. The summed E-state index contributed by atoms with van der Waals surface area (Å²) in [6.07, 6.45) is 6.82. The number of ether oxygens (including phenoxy) is 1. The maximum Gasteiger partial charge on any atom is 0.165 e. The zero-order valence-electron chi connectivity index (χ0n) is 11.0. The fraction of sp³-hybridized carbons (Fsp3) is 0.600. The molecule has 0 aromatic heterocycles. The molecule has 1 N–H and O–H groups in total. The van der Waals surface area contributed by atoms with Crippen molar-refractivity contribution in [2.24, 2.45) is 5.92 Å². The molecule has 2 nitrogen and oxygen atoms in total. The highest BCUT2D eigenvalue weighted by Gasteiger charge is 2.13. The zero-order chi connectivity index (χ0) is 12.8. The number of hydrogen-bond acceptors (Lipinski definition) is 2. The fourth-order valence-corrected chi connectivity index (χ4v) is 2.66. The Bertz CT molecular complexity index is 375. The van der Waals surface area contributed by atoms with Crippen LogP contribution < -0.4 is 10.1 Å². The molecule has 100 valence electrons. The molecule has 1 aliphatic rings. The van der Waals surface area contributed by atoms with Gasteiger partial charge in [0.2, 0.25) is 0 Å². The molecule has 2 rings (SSSR count). The average molecular weight is 251 g/mol. The van der Waals surface area contributed by atoms with E-state index in [1.165, 1.54) is 39.2 Å². The Labute approximate surface area is 109 Å². The Kier molecular flexibility index (Phi) is 5.00. The Morgan fingerprint density at radius 2 is 2.11 bits per heavy atom. The van der Waals surface area contributed by atoms with Gasteiger partial charge in [0.25, 0.3) is 0 Å². The molecule has 0 amide bonds. The molecule has 0 heterocycles. The number of hydrogen-bond donors (Lipinski definition) is 1. The van der Waals surface area contributed by atoms with E-state index >= 15 is 0 Å². The monoisotopic (exact) mass is 251 g/mol. The summed E-state index contributed by atoms with van der Waals surface area (Å²) >= 11 is 0. The number of methoxy groups -OCH3 is 1. The summed E-state index contributed by atoms with van der Waals surface area (Å²) in [7, 11) is 1.48. The van der Waals surface area contributed by atoms with Crippen LogP contribution in [0.1, 0.15) is 37.7 Å². The SMILES string of the molecule is COc1ccc(CNCCC2CCCC2)cc1F. The van der Waals surface area contributed by atoms with Gasteiger partial charge in [0.1, 0.15) is 0 Å². The van der Waals surface area contributed by atoms with Gasteiger partial charge in [-0.1, -0.05) is 31.7 Å². The molecule has 0 bridgehead atoms. The average Bonchev–Trinajstić information content (AvgIpc) is 2.88. The van der Waals surface area contributed by atoms with E-state index in [-0.39, 0.29) is 5.82 Å². The smallest absolute Gasteiger partial charge is 0.165 e. The van der Waals surface area contributed by atoms with Gasteiger partial charge in [0.05, 0.1) is 7.11 Å². The highest BCUT2D eigenvalue weighted by molar-refractivity contribution is 5.29. The third-order valence-corrected chi connectivity index (χ3v) is 3.75. The van der Waals surface area contributed by atoms with Crippen LogP contribution in [-0.4, -0.2) is 13.7 Å². The molecule has 3 heteroatoms. The van der Waals surface area contributed by atoms with Gasteiger partial charge in [-0.25, -0.2) is 4.39 Å². The van der Waals surface area contributed by atoms with E-state index in [2.05, 4.69) is 5.32 Å². The van der Waals surface area contributed by atoms with Crippen molar-refractivity contribution < 1.29 is 9.13 Å². The molecule has 18 heavy (non-hydrogen) atoms.